The molecule has 0 aromatic heterocycles. The summed E-state index contributed by atoms with van der Waals surface area (Å²) in [5.74, 6) is -2.63. The molecule has 1 amide bonds. The van der Waals surface area contributed by atoms with Crippen LogP contribution in [0.15, 0.2) is 6.07 Å². The van der Waals surface area contributed by atoms with Crippen LogP contribution in [0, 0.1) is 12.7 Å². The molecule has 27 heavy (non-hydrogen) atoms. The van der Waals surface area contributed by atoms with E-state index in [1.54, 1.807) is 0 Å². The summed E-state index contributed by atoms with van der Waals surface area (Å²) in [4.78, 5) is 13.7. The van der Waals surface area contributed by atoms with E-state index in [-0.39, 0.29) is 17.6 Å². The number of hydrogen-bond acceptors (Lipinski definition) is 3. The molecule has 2 N–H and O–H groups in total. The first-order chi connectivity index (χ1) is 12.7. The SMILES string of the molecule is Cc1c(F)c(C(N)=O)cc(C2CCN(CC3CCCO3)CC2)c1C(F)(F)F. The van der Waals surface area contributed by atoms with Crippen molar-refractivity contribution >= 4 is 5.91 Å². The number of hydrogen-bond donors (Lipinski definition) is 1. The Labute approximate surface area is 155 Å². The van der Waals surface area contributed by atoms with E-state index < -0.39 is 34.6 Å². The Morgan fingerprint density at radius 2 is 1.96 bits per heavy atom. The lowest BCUT2D eigenvalue weighted by molar-refractivity contribution is -0.139. The minimum absolute atomic E-state index is 0.0213. The molecule has 0 aliphatic carbocycles. The van der Waals surface area contributed by atoms with Crippen molar-refractivity contribution in [3.8, 4) is 0 Å². The normalized spacial score (nSPS) is 22.3. The number of likely N-dealkylation sites (tertiary alicyclic amines) is 1. The number of amides is 1. The molecule has 2 heterocycles. The Bertz CT molecular complexity index is 707. The maximum Gasteiger partial charge on any atom is 0.417 e. The van der Waals surface area contributed by atoms with Crippen LogP contribution in [0.2, 0.25) is 0 Å². The van der Waals surface area contributed by atoms with Crippen molar-refractivity contribution in [3.05, 3.63) is 34.1 Å². The molecule has 0 saturated carbocycles. The van der Waals surface area contributed by atoms with Crippen molar-refractivity contribution in [1.82, 2.24) is 4.90 Å². The average Bonchev–Trinajstić information content (AvgIpc) is 3.09. The number of nitrogens with zero attached hydrogens (tertiary/aromatic N) is 1. The van der Waals surface area contributed by atoms with Crippen molar-refractivity contribution in [2.75, 3.05) is 26.2 Å². The lowest BCUT2D eigenvalue weighted by Gasteiger charge is -2.34. The molecule has 8 heteroatoms. The van der Waals surface area contributed by atoms with Crippen LogP contribution in [0.5, 0.6) is 0 Å². The number of piperidine rings is 1. The summed E-state index contributed by atoms with van der Waals surface area (Å²) in [6.45, 7) is 3.89. The van der Waals surface area contributed by atoms with Gasteiger partial charge >= 0.3 is 6.18 Å². The van der Waals surface area contributed by atoms with E-state index in [2.05, 4.69) is 4.90 Å². The summed E-state index contributed by atoms with van der Waals surface area (Å²) >= 11 is 0. The van der Waals surface area contributed by atoms with Gasteiger partial charge in [-0.3, -0.25) is 4.79 Å². The summed E-state index contributed by atoms with van der Waals surface area (Å²) in [7, 11) is 0. The van der Waals surface area contributed by atoms with Crippen molar-refractivity contribution in [1.29, 1.82) is 0 Å². The first kappa shape index (κ1) is 20.1. The van der Waals surface area contributed by atoms with Gasteiger partial charge in [-0.2, -0.15) is 13.2 Å². The van der Waals surface area contributed by atoms with Crippen LogP contribution in [0.25, 0.3) is 0 Å². The highest BCUT2D eigenvalue weighted by Gasteiger charge is 2.40. The van der Waals surface area contributed by atoms with E-state index in [1.165, 1.54) is 0 Å². The van der Waals surface area contributed by atoms with Gasteiger partial charge in [-0.05, 0) is 68.8 Å². The van der Waals surface area contributed by atoms with Crippen LogP contribution in [-0.2, 0) is 10.9 Å². The van der Waals surface area contributed by atoms with Crippen LogP contribution >= 0.6 is 0 Å². The summed E-state index contributed by atoms with van der Waals surface area (Å²) in [5, 5.41) is 0. The predicted octanol–water partition coefficient (Wildman–Crippen LogP) is 3.61. The van der Waals surface area contributed by atoms with Gasteiger partial charge in [-0.25, -0.2) is 4.39 Å². The molecule has 1 aromatic rings. The van der Waals surface area contributed by atoms with Crippen LogP contribution in [0.4, 0.5) is 17.6 Å². The molecule has 3 rings (SSSR count). The zero-order valence-electron chi connectivity index (χ0n) is 15.2. The lowest BCUT2D eigenvalue weighted by Crippen LogP contribution is -2.38. The van der Waals surface area contributed by atoms with Crippen LogP contribution in [0.3, 0.4) is 0 Å². The number of ether oxygens (including phenoxy) is 1. The number of primary amides is 1. The minimum Gasteiger partial charge on any atom is -0.377 e. The standard InChI is InChI=1S/C19H24F4N2O2/c1-11-16(19(21,22)23)14(9-15(17(11)20)18(24)26)12-4-6-25(7-5-12)10-13-3-2-8-27-13/h9,12-13H,2-8,10H2,1H3,(H2,24,26). The molecular weight excluding hydrogens is 364 g/mol. The van der Waals surface area contributed by atoms with Gasteiger partial charge in [-0.1, -0.05) is 0 Å². The first-order valence-corrected chi connectivity index (χ1v) is 9.22. The number of alkyl halides is 3. The number of carbonyl (C=O) groups is 1. The summed E-state index contributed by atoms with van der Waals surface area (Å²) < 4.78 is 60.7. The highest BCUT2D eigenvalue weighted by Crippen LogP contribution is 2.42. The maximum absolute atomic E-state index is 14.3. The van der Waals surface area contributed by atoms with Gasteiger partial charge in [0.05, 0.1) is 17.2 Å². The fourth-order valence-electron chi connectivity index (χ4n) is 4.20. The first-order valence-electron chi connectivity index (χ1n) is 9.22. The lowest BCUT2D eigenvalue weighted by atomic mass is 9.83. The number of carbonyl (C=O) groups excluding carboxylic acids is 1. The Kier molecular flexibility index (Phi) is 5.76. The Balaban J connectivity index is 1.84. The number of nitrogens with two attached hydrogens (primary N) is 1. The van der Waals surface area contributed by atoms with Crippen molar-refractivity contribution in [2.45, 2.75) is 50.8 Å². The van der Waals surface area contributed by atoms with Crippen molar-refractivity contribution in [2.24, 2.45) is 5.73 Å². The van der Waals surface area contributed by atoms with E-state index >= 15 is 0 Å². The fourth-order valence-corrected chi connectivity index (χ4v) is 4.20. The number of halogens is 4. The highest BCUT2D eigenvalue weighted by molar-refractivity contribution is 5.93. The maximum atomic E-state index is 14.3. The second-order valence-electron chi connectivity index (χ2n) is 7.40. The van der Waals surface area contributed by atoms with Gasteiger partial charge in [-0.15, -0.1) is 0 Å². The van der Waals surface area contributed by atoms with Gasteiger partial charge in [0.15, 0.2) is 0 Å². The molecule has 1 unspecified atom stereocenters. The van der Waals surface area contributed by atoms with Crippen LogP contribution in [0.1, 0.15) is 58.6 Å². The molecule has 2 saturated heterocycles. The van der Waals surface area contributed by atoms with E-state index in [1.807, 2.05) is 0 Å². The monoisotopic (exact) mass is 388 g/mol. The van der Waals surface area contributed by atoms with Crippen LogP contribution < -0.4 is 5.73 Å². The van der Waals surface area contributed by atoms with Crippen LogP contribution in [-0.4, -0.2) is 43.2 Å². The Hall–Kier alpha value is -1.67. The largest absolute Gasteiger partial charge is 0.417 e. The molecule has 0 bridgehead atoms. The quantitative estimate of drug-likeness (QED) is 0.802. The molecule has 2 aliphatic heterocycles. The third-order valence-electron chi connectivity index (χ3n) is 5.59. The van der Waals surface area contributed by atoms with E-state index in [0.717, 1.165) is 39.0 Å². The second-order valence-corrected chi connectivity index (χ2v) is 7.40. The second kappa shape index (κ2) is 7.75. The third-order valence-corrected chi connectivity index (χ3v) is 5.59. The van der Waals surface area contributed by atoms with Gasteiger partial charge in [0, 0.05) is 13.2 Å². The van der Waals surface area contributed by atoms with E-state index in [0.29, 0.717) is 25.9 Å². The molecular formula is C19H24F4N2O2. The zero-order chi connectivity index (χ0) is 19.8. The van der Waals surface area contributed by atoms with Gasteiger partial charge in [0.2, 0.25) is 0 Å². The molecule has 0 spiro atoms. The highest BCUT2D eigenvalue weighted by atomic mass is 19.4. The topological polar surface area (TPSA) is 55.6 Å². The van der Waals surface area contributed by atoms with Gasteiger partial charge < -0.3 is 15.4 Å². The predicted molar refractivity (Wildman–Crippen MR) is 92.0 cm³/mol. The fraction of sp³-hybridized carbons (Fsp3) is 0.632. The zero-order valence-corrected chi connectivity index (χ0v) is 15.2. The number of rotatable bonds is 4. The minimum atomic E-state index is -4.69. The average molecular weight is 388 g/mol. The third kappa shape index (κ3) is 4.27. The molecule has 0 radical (unpaired) electrons. The molecule has 2 fully saturated rings. The summed E-state index contributed by atoms with van der Waals surface area (Å²) in [5.41, 5.74) is 3.15. The summed E-state index contributed by atoms with van der Waals surface area (Å²) in [6, 6.07) is 1.01. The molecule has 2 aliphatic rings. The molecule has 1 aromatic carbocycles. The molecule has 4 nitrogen and oxygen atoms in total. The van der Waals surface area contributed by atoms with E-state index in [4.69, 9.17) is 10.5 Å². The Morgan fingerprint density at radius 3 is 2.48 bits per heavy atom. The van der Waals surface area contributed by atoms with Crippen molar-refractivity contribution < 1.29 is 27.1 Å². The van der Waals surface area contributed by atoms with Gasteiger partial charge in [0.25, 0.3) is 5.91 Å². The molecule has 150 valence electrons. The molecule has 1 atom stereocenters. The smallest absolute Gasteiger partial charge is 0.377 e. The number of benzene rings is 1. The van der Waals surface area contributed by atoms with E-state index in [9.17, 15) is 22.4 Å². The van der Waals surface area contributed by atoms with Crippen molar-refractivity contribution in [3.63, 3.8) is 0 Å². The Morgan fingerprint density at radius 1 is 1.30 bits per heavy atom. The summed E-state index contributed by atoms with van der Waals surface area (Å²) in [6.07, 6.45) is -1.41. The van der Waals surface area contributed by atoms with Gasteiger partial charge in [0.1, 0.15) is 5.82 Å².